The van der Waals surface area contributed by atoms with E-state index in [0.717, 1.165) is 66.7 Å². The summed E-state index contributed by atoms with van der Waals surface area (Å²) in [6.45, 7) is 6.02. The highest BCUT2D eigenvalue weighted by Crippen LogP contribution is 2.29. The molecule has 1 N–H and O–H groups in total. The number of unbranched alkanes of at least 4 members (excludes halogenated alkanes) is 1. The molecule has 1 saturated heterocycles. The Balaban J connectivity index is 1.26. The highest BCUT2D eigenvalue weighted by Gasteiger charge is 2.21. The molecule has 2 fully saturated rings. The van der Waals surface area contributed by atoms with Crippen LogP contribution >= 0.6 is 0 Å². The van der Waals surface area contributed by atoms with E-state index in [1.165, 1.54) is 38.5 Å². The molecule has 0 amide bonds. The summed E-state index contributed by atoms with van der Waals surface area (Å²) in [5, 5.41) is 4.75. The number of hydrogen-bond acceptors (Lipinski definition) is 5. The minimum absolute atomic E-state index is 0.128. The number of nitrogens with one attached hydrogen (secondary N) is 1. The van der Waals surface area contributed by atoms with E-state index in [-0.39, 0.29) is 6.10 Å². The number of fused-ring (bicyclic) bond motifs is 1. The number of aryl methyl sites for hydroxylation is 1. The van der Waals surface area contributed by atoms with Crippen molar-refractivity contribution in [2.24, 2.45) is 5.92 Å². The number of nitrogens with zero attached hydrogens (tertiary/aromatic N) is 2. The highest BCUT2D eigenvalue weighted by atomic mass is 16.5. The van der Waals surface area contributed by atoms with E-state index in [1.54, 1.807) is 0 Å². The van der Waals surface area contributed by atoms with Crippen molar-refractivity contribution < 1.29 is 9.47 Å². The van der Waals surface area contributed by atoms with Crippen molar-refractivity contribution in [2.75, 3.05) is 13.2 Å². The summed E-state index contributed by atoms with van der Waals surface area (Å²) >= 11 is 0. The summed E-state index contributed by atoms with van der Waals surface area (Å²) in [7, 11) is 0. The first-order valence-corrected chi connectivity index (χ1v) is 12.4. The van der Waals surface area contributed by atoms with E-state index in [9.17, 15) is 0 Å². The zero-order valence-corrected chi connectivity index (χ0v) is 19.3. The van der Waals surface area contributed by atoms with Crippen molar-refractivity contribution in [2.45, 2.75) is 96.2 Å². The van der Waals surface area contributed by atoms with Crippen molar-refractivity contribution in [3.63, 3.8) is 0 Å². The monoisotopic (exact) mass is 425 g/mol. The molecule has 1 aromatic carbocycles. The Kier molecular flexibility index (Phi) is 8.15. The number of hydrogen-bond donors (Lipinski definition) is 1. The third-order valence-electron chi connectivity index (χ3n) is 6.71. The molecule has 1 aromatic heterocycles. The van der Waals surface area contributed by atoms with Gasteiger partial charge in [-0.05, 0) is 56.9 Å². The van der Waals surface area contributed by atoms with Gasteiger partial charge in [0.15, 0.2) is 0 Å². The van der Waals surface area contributed by atoms with Crippen LogP contribution in [0.2, 0.25) is 0 Å². The average molecular weight is 426 g/mol. The first-order valence-electron chi connectivity index (χ1n) is 12.4. The topological polar surface area (TPSA) is 56.3 Å². The Morgan fingerprint density at radius 2 is 2.00 bits per heavy atom. The molecule has 1 saturated carbocycles. The van der Waals surface area contributed by atoms with Crippen LogP contribution in [0.4, 0.5) is 0 Å². The van der Waals surface area contributed by atoms with E-state index in [1.807, 2.05) is 18.3 Å². The first kappa shape index (κ1) is 22.5. The molecule has 31 heavy (non-hydrogen) atoms. The predicted octanol–water partition coefficient (Wildman–Crippen LogP) is 5.46. The Hall–Kier alpha value is -1.72. The van der Waals surface area contributed by atoms with E-state index in [0.29, 0.717) is 12.6 Å². The summed E-state index contributed by atoms with van der Waals surface area (Å²) in [6, 6.07) is 7.45. The van der Waals surface area contributed by atoms with Crippen molar-refractivity contribution in [3.8, 4) is 5.75 Å². The molecule has 2 aromatic rings. The second-order valence-corrected chi connectivity index (χ2v) is 9.72. The Morgan fingerprint density at radius 3 is 2.77 bits per heavy atom. The van der Waals surface area contributed by atoms with Crippen molar-refractivity contribution in [1.29, 1.82) is 0 Å². The molecule has 1 aliphatic carbocycles. The predicted molar refractivity (Wildman–Crippen MR) is 126 cm³/mol. The van der Waals surface area contributed by atoms with Crippen LogP contribution in [0.5, 0.6) is 5.75 Å². The second-order valence-electron chi connectivity index (χ2n) is 9.72. The molecule has 4 rings (SSSR count). The summed E-state index contributed by atoms with van der Waals surface area (Å²) in [5.41, 5.74) is 0.939. The van der Waals surface area contributed by atoms with Gasteiger partial charge >= 0.3 is 0 Å². The summed E-state index contributed by atoms with van der Waals surface area (Å²) in [6.07, 6.45) is 14.3. The highest BCUT2D eigenvalue weighted by molar-refractivity contribution is 5.83. The Bertz CT molecular complexity index is 811. The first-order chi connectivity index (χ1) is 15.2. The molecular weight excluding hydrogens is 386 g/mol. The van der Waals surface area contributed by atoms with Crippen LogP contribution in [0, 0.1) is 5.92 Å². The van der Waals surface area contributed by atoms with Gasteiger partial charge in [0.2, 0.25) is 0 Å². The molecule has 1 aliphatic heterocycles. The third kappa shape index (κ3) is 6.63. The van der Waals surface area contributed by atoms with Gasteiger partial charge in [0, 0.05) is 36.7 Å². The molecule has 170 valence electrons. The van der Waals surface area contributed by atoms with Crippen LogP contribution in [0.1, 0.15) is 77.5 Å². The van der Waals surface area contributed by atoms with E-state index in [4.69, 9.17) is 14.5 Å². The van der Waals surface area contributed by atoms with Crippen molar-refractivity contribution in [1.82, 2.24) is 15.3 Å². The fourth-order valence-electron chi connectivity index (χ4n) is 5.07. The number of ether oxygens (including phenoxy) is 2. The molecule has 0 radical (unpaired) electrons. The van der Waals surface area contributed by atoms with Gasteiger partial charge in [-0.1, -0.05) is 38.8 Å². The zero-order chi connectivity index (χ0) is 21.5. The van der Waals surface area contributed by atoms with Crippen LogP contribution in [0.3, 0.4) is 0 Å². The SMILES string of the molecule is CC(C)NC1CCC(CCCCc2ncc3cccc(OC4CCCOC4)c3n2)CC1. The average Bonchev–Trinajstić information content (AvgIpc) is 2.78. The van der Waals surface area contributed by atoms with Gasteiger partial charge in [-0.15, -0.1) is 0 Å². The van der Waals surface area contributed by atoms with Gasteiger partial charge in [-0.2, -0.15) is 0 Å². The number of para-hydroxylation sites is 1. The van der Waals surface area contributed by atoms with Crippen LogP contribution < -0.4 is 10.1 Å². The fraction of sp³-hybridized carbons (Fsp3) is 0.692. The Labute approximate surface area is 187 Å². The zero-order valence-electron chi connectivity index (χ0n) is 19.3. The van der Waals surface area contributed by atoms with Crippen LogP contribution in [-0.4, -0.2) is 41.4 Å². The molecule has 5 heteroatoms. The molecule has 0 spiro atoms. The van der Waals surface area contributed by atoms with Crippen molar-refractivity contribution >= 4 is 10.9 Å². The Morgan fingerprint density at radius 1 is 1.13 bits per heavy atom. The normalized spacial score (nSPS) is 24.5. The third-order valence-corrected chi connectivity index (χ3v) is 6.71. The van der Waals surface area contributed by atoms with Crippen LogP contribution in [0.25, 0.3) is 10.9 Å². The molecule has 2 heterocycles. The maximum Gasteiger partial charge on any atom is 0.146 e. The lowest BCUT2D eigenvalue weighted by Gasteiger charge is -2.30. The van der Waals surface area contributed by atoms with Gasteiger partial charge < -0.3 is 14.8 Å². The number of benzene rings is 1. The number of rotatable bonds is 9. The second kappa shape index (κ2) is 11.2. The van der Waals surface area contributed by atoms with Gasteiger partial charge in [-0.3, -0.25) is 0 Å². The fourth-order valence-corrected chi connectivity index (χ4v) is 5.07. The van der Waals surface area contributed by atoms with Crippen LogP contribution in [0.15, 0.2) is 24.4 Å². The summed E-state index contributed by atoms with van der Waals surface area (Å²) in [5.74, 6) is 2.71. The van der Waals surface area contributed by atoms with Gasteiger partial charge in [0.05, 0.1) is 6.61 Å². The maximum atomic E-state index is 6.24. The molecule has 5 nitrogen and oxygen atoms in total. The standard InChI is InChI=1S/C26H39N3O2/c1-19(2)28-22-14-12-20(13-15-22)7-3-4-11-25-27-17-21-8-5-10-24(26(21)29-25)31-23-9-6-16-30-18-23/h5,8,10,17,19-20,22-23,28H,3-4,6-7,9,11-16,18H2,1-2H3. The summed E-state index contributed by atoms with van der Waals surface area (Å²) in [4.78, 5) is 9.49. The molecule has 1 atom stereocenters. The number of aromatic nitrogens is 2. The van der Waals surface area contributed by atoms with E-state index in [2.05, 4.69) is 30.2 Å². The van der Waals surface area contributed by atoms with Gasteiger partial charge in [0.25, 0.3) is 0 Å². The lowest BCUT2D eigenvalue weighted by molar-refractivity contribution is 0.00800. The van der Waals surface area contributed by atoms with Crippen molar-refractivity contribution in [3.05, 3.63) is 30.2 Å². The molecule has 0 bridgehead atoms. The smallest absolute Gasteiger partial charge is 0.146 e. The quantitative estimate of drug-likeness (QED) is 0.541. The van der Waals surface area contributed by atoms with E-state index >= 15 is 0 Å². The van der Waals surface area contributed by atoms with Crippen LogP contribution in [-0.2, 0) is 11.2 Å². The van der Waals surface area contributed by atoms with Gasteiger partial charge in [0.1, 0.15) is 23.2 Å². The van der Waals surface area contributed by atoms with E-state index < -0.39 is 0 Å². The molecule has 1 unspecified atom stereocenters. The minimum Gasteiger partial charge on any atom is -0.486 e. The van der Waals surface area contributed by atoms with Gasteiger partial charge in [-0.25, -0.2) is 9.97 Å². The molecule has 2 aliphatic rings. The largest absolute Gasteiger partial charge is 0.486 e. The minimum atomic E-state index is 0.128. The summed E-state index contributed by atoms with van der Waals surface area (Å²) < 4.78 is 11.8. The lowest BCUT2D eigenvalue weighted by atomic mass is 9.83. The molecular formula is C26H39N3O2. The maximum absolute atomic E-state index is 6.24. The lowest BCUT2D eigenvalue weighted by Crippen LogP contribution is -2.37.